The van der Waals surface area contributed by atoms with Crippen LogP contribution >= 0.6 is 11.6 Å². The van der Waals surface area contributed by atoms with Crippen molar-refractivity contribution in [1.29, 1.82) is 0 Å². The minimum Gasteiger partial charge on any atom is -0.339 e. The average molecular weight is 305 g/mol. The molecule has 1 aromatic heterocycles. The summed E-state index contributed by atoms with van der Waals surface area (Å²) in [7, 11) is 0. The Kier molecular flexibility index (Phi) is 6.15. The Morgan fingerprint density at radius 2 is 2.00 bits per heavy atom. The molecule has 1 aliphatic heterocycles. The van der Waals surface area contributed by atoms with E-state index in [9.17, 15) is 0 Å². The highest BCUT2D eigenvalue weighted by atomic mass is 35.5. The zero-order chi connectivity index (χ0) is 15.1. The first-order chi connectivity index (χ1) is 10.3. The van der Waals surface area contributed by atoms with Crippen molar-refractivity contribution in [2.24, 2.45) is 0 Å². The second-order valence-corrected chi connectivity index (χ2v) is 5.45. The van der Waals surface area contributed by atoms with E-state index in [-0.39, 0.29) is 0 Å². The molecule has 1 saturated heterocycles. The summed E-state index contributed by atoms with van der Waals surface area (Å²) < 4.78 is 0. The zero-order valence-corrected chi connectivity index (χ0v) is 13.5. The number of halogens is 1. The van der Waals surface area contributed by atoms with Gasteiger partial charge in [-0.3, -0.25) is 0 Å². The highest BCUT2D eigenvalue weighted by molar-refractivity contribution is 6.30. The molecule has 0 amide bonds. The second kappa shape index (κ2) is 8.11. The van der Waals surface area contributed by atoms with Crippen LogP contribution in [0.2, 0.25) is 5.02 Å². The molecule has 4 heteroatoms. The fourth-order valence-electron chi connectivity index (χ4n) is 2.68. The Balaban J connectivity index is 0.000000774. The summed E-state index contributed by atoms with van der Waals surface area (Å²) >= 11 is 5.92. The van der Waals surface area contributed by atoms with Crippen molar-refractivity contribution in [3.05, 3.63) is 58.6 Å². The van der Waals surface area contributed by atoms with E-state index in [2.05, 4.69) is 27.4 Å². The van der Waals surface area contributed by atoms with Gasteiger partial charge in [-0.1, -0.05) is 37.6 Å². The number of nitrogens with two attached hydrogens (primary N) is 1. The third-order valence-electron chi connectivity index (χ3n) is 3.65. The van der Waals surface area contributed by atoms with E-state index in [0.717, 1.165) is 11.4 Å². The molecular weight excluding hydrogens is 282 g/mol. The van der Waals surface area contributed by atoms with Crippen LogP contribution in [0.5, 0.6) is 0 Å². The molecule has 2 aromatic rings. The number of rotatable bonds is 3. The Hall–Kier alpha value is -1.45. The van der Waals surface area contributed by atoms with Gasteiger partial charge in [-0.25, -0.2) is 9.97 Å². The maximum absolute atomic E-state index is 5.92. The number of nitrogens with zero attached hydrogens (tertiary/aromatic N) is 2. The van der Waals surface area contributed by atoms with Crippen LogP contribution in [-0.2, 0) is 6.42 Å². The molecule has 112 valence electrons. The van der Waals surface area contributed by atoms with Crippen LogP contribution in [-0.4, -0.2) is 16.5 Å². The smallest absolute Gasteiger partial charge is 0.129 e. The Bertz CT molecular complexity index is 548. The van der Waals surface area contributed by atoms with Crippen LogP contribution in [0.4, 0.5) is 0 Å². The lowest BCUT2D eigenvalue weighted by atomic mass is 10.0. The topological polar surface area (TPSA) is 42.4 Å². The van der Waals surface area contributed by atoms with Gasteiger partial charge in [0.1, 0.15) is 18.1 Å². The van der Waals surface area contributed by atoms with Gasteiger partial charge in [0.25, 0.3) is 0 Å². The lowest BCUT2D eigenvalue weighted by Gasteiger charge is -2.11. The van der Waals surface area contributed by atoms with Gasteiger partial charge in [-0.05, 0) is 17.7 Å². The van der Waals surface area contributed by atoms with E-state index < -0.39 is 0 Å². The molecule has 21 heavy (non-hydrogen) atoms. The Labute approximate surface area is 131 Å². The van der Waals surface area contributed by atoms with Gasteiger partial charge in [0, 0.05) is 36.0 Å². The van der Waals surface area contributed by atoms with Crippen LogP contribution < -0.4 is 5.32 Å². The summed E-state index contributed by atoms with van der Waals surface area (Å²) in [5, 5.41) is 3.16. The summed E-state index contributed by atoms with van der Waals surface area (Å²) in [5.74, 6) is 0. The molecule has 1 atom stereocenters. The lowest BCUT2D eigenvalue weighted by molar-refractivity contribution is -0.676. The van der Waals surface area contributed by atoms with E-state index >= 15 is 0 Å². The molecule has 1 aromatic carbocycles. The zero-order valence-electron chi connectivity index (χ0n) is 12.7. The third-order valence-corrected chi connectivity index (χ3v) is 3.90. The first-order valence-corrected chi connectivity index (χ1v) is 8.07. The highest BCUT2D eigenvalue weighted by Crippen LogP contribution is 2.21. The van der Waals surface area contributed by atoms with Crippen LogP contribution in [0.25, 0.3) is 0 Å². The van der Waals surface area contributed by atoms with Gasteiger partial charge in [0.2, 0.25) is 0 Å². The summed E-state index contributed by atoms with van der Waals surface area (Å²) in [6.07, 6.45) is 6.97. The Morgan fingerprint density at radius 1 is 1.24 bits per heavy atom. The number of aromatic nitrogens is 2. The van der Waals surface area contributed by atoms with Crippen LogP contribution in [0.3, 0.4) is 0 Å². The summed E-state index contributed by atoms with van der Waals surface area (Å²) in [6, 6.07) is 8.50. The van der Waals surface area contributed by atoms with Crippen molar-refractivity contribution >= 4 is 11.6 Å². The molecule has 1 aliphatic rings. The standard InChI is InChI=1S/C15H16ClN3.C2H6/c16-13-5-3-11(4-6-13)8-12-9-17-10-19-15(12)14-2-1-7-18-14;1-2/h3-6,9-10,14,18H,1-2,7-8H2;1-2H3/p+1. The van der Waals surface area contributed by atoms with E-state index in [4.69, 9.17) is 11.6 Å². The van der Waals surface area contributed by atoms with Crippen molar-refractivity contribution in [3.63, 3.8) is 0 Å². The monoisotopic (exact) mass is 304 g/mol. The third kappa shape index (κ3) is 4.26. The fraction of sp³-hybridized carbons (Fsp3) is 0.412. The molecule has 0 aliphatic carbocycles. The maximum atomic E-state index is 5.92. The quantitative estimate of drug-likeness (QED) is 0.946. The molecule has 0 bridgehead atoms. The fourth-order valence-corrected chi connectivity index (χ4v) is 2.81. The van der Waals surface area contributed by atoms with Crippen LogP contribution in [0.15, 0.2) is 36.8 Å². The van der Waals surface area contributed by atoms with E-state index in [1.807, 2.05) is 32.2 Å². The van der Waals surface area contributed by atoms with Crippen LogP contribution in [0.1, 0.15) is 49.6 Å². The minimum atomic E-state index is 0.505. The molecule has 3 rings (SSSR count). The Morgan fingerprint density at radius 3 is 2.67 bits per heavy atom. The summed E-state index contributed by atoms with van der Waals surface area (Å²) in [5.41, 5.74) is 3.67. The average Bonchev–Trinajstić information content (AvgIpc) is 3.06. The summed E-state index contributed by atoms with van der Waals surface area (Å²) in [4.78, 5) is 8.69. The molecular formula is C17H23ClN3+. The molecule has 0 saturated carbocycles. The second-order valence-electron chi connectivity index (χ2n) is 5.01. The lowest BCUT2D eigenvalue weighted by Crippen LogP contribution is -2.82. The highest BCUT2D eigenvalue weighted by Gasteiger charge is 2.24. The SMILES string of the molecule is CC.Clc1ccc(Cc2cncnc2C2CCC[NH2+]2)cc1. The number of hydrogen-bond donors (Lipinski definition) is 1. The molecule has 1 fully saturated rings. The minimum absolute atomic E-state index is 0.505. The van der Waals surface area contributed by atoms with E-state index in [0.29, 0.717) is 6.04 Å². The molecule has 1 unspecified atom stereocenters. The van der Waals surface area contributed by atoms with Crippen molar-refractivity contribution in [2.45, 2.75) is 39.2 Å². The predicted octanol–water partition coefficient (Wildman–Crippen LogP) is 3.15. The maximum Gasteiger partial charge on any atom is 0.129 e. The summed E-state index contributed by atoms with van der Waals surface area (Å²) in [6.45, 7) is 5.20. The van der Waals surface area contributed by atoms with Gasteiger partial charge >= 0.3 is 0 Å². The first-order valence-electron chi connectivity index (χ1n) is 7.69. The number of quaternary nitrogens is 1. The van der Waals surface area contributed by atoms with Gasteiger partial charge in [0.15, 0.2) is 0 Å². The molecule has 0 spiro atoms. The van der Waals surface area contributed by atoms with Crippen LogP contribution in [0, 0.1) is 0 Å². The van der Waals surface area contributed by atoms with Crippen molar-refractivity contribution in [2.75, 3.05) is 6.54 Å². The number of benzene rings is 1. The van der Waals surface area contributed by atoms with E-state index in [1.165, 1.54) is 36.2 Å². The normalized spacial score (nSPS) is 17.2. The molecule has 3 nitrogen and oxygen atoms in total. The first kappa shape index (κ1) is 15.9. The van der Waals surface area contributed by atoms with Gasteiger partial charge in [-0.2, -0.15) is 0 Å². The molecule has 2 heterocycles. The predicted molar refractivity (Wildman–Crippen MR) is 86.4 cm³/mol. The van der Waals surface area contributed by atoms with Crippen molar-refractivity contribution < 1.29 is 5.32 Å². The van der Waals surface area contributed by atoms with Crippen molar-refractivity contribution in [1.82, 2.24) is 9.97 Å². The molecule has 0 radical (unpaired) electrons. The van der Waals surface area contributed by atoms with Crippen molar-refractivity contribution in [3.8, 4) is 0 Å². The number of hydrogen-bond acceptors (Lipinski definition) is 2. The van der Waals surface area contributed by atoms with Gasteiger partial charge in [-0.15, -0.1) is 0 Å². The molecule has 2 N–H and O–H groups in total. The van der Waals surface area contributed by atoms with E-state index in [1.54, 1.807) is 6.33 Å². The van der Waals surface area contributed by atoms with Gasteiger partial charge < -0.3 is 5.32 Å². The largest absolute Gasteiger partial charge is 0.339 e. The van der Waals surface area contributed by atoms with Gasteiger partial charge in [0.05, 0.1) is 6.54 Å².